The third-order valence-corrected chi connectivity index (χ3v) is 4.03. The van der Waals surface area contributed by atoms with Crippen molar-refractivity contribution in [3.63, 3.8) is 0 Å². The molecule has 1 spiro atoms. The second-order valence-corrected chi connectivity index (χ2v) is 5.35. The number of hydrogen-bond donors (Lipinski definition) is 1. The fourth-order valence-corrected chi connectivity index (χ4v) is 3.20. The number of unbranched alkanes of at least 4 members (excludes halogenated alkanes) is 1. The Bertz CT molecular complexity index is 248. The van der Waals surface area contributed by atoms with Crippen molar-refractivity contribution >= 4 is 0 Å². The van der Waals surface area contributed by atoms with Crippen molar-refractivity contribution in [1.29, 1.82) is 0 Å². The Hall–Kier alpha value is -0.520. The zero-order valence-corrected chi connectivity index (χ0v) is 10.3. The van der Waals surface area contributed by atoms with Crippen LogP contribution in [0.25, 0.3) is 0 Å². The highest BCUT2D eigenvalue weighted by molar-refractivity contribution is 4.97. The van der Waals surface area contributed by atoms with Crippen LogP contribution in [0.1, 0.15) is 44.9 Å². The van der Waals surface area contributed by atoms with Gasteiger partial charge in [0.1, 0.15) is 0 Å². The maximum absolute atomic E-state index is 5.31. The van der Waals surface area contributed by atoms with E-state index in [9.17, 15) is 0 Å². The molecule has 1 aliphatic carbocycles. The van der Waals surface area contributed by atoms with Crippen LogP contribution in [0.5, 0.6) is 0 Å². The molecule has 0 aromatic carbocycles. The third-order valence-electron chi connectivity index (χ3n) is 4.03. The van der Waals surface area contributed by atoms with Crippen LogP contribution < -0.4 is 5.32 Å². The molecule has 90 valence electrons. The number of nitrogens with one attached hydrogen (secondary N) is 1. The summed E-state index contributed by atoms with van der Waals surface area (Å²) >= 11 is 0. The van der Waals surface area contributed by atoms with E-state index in [0.717, 1.165) is 12.8 Å². The Morgan fingerprint density at radius 3 is 2.81 bits per heavy atom. The van der Waals surface area contributed by atoms with Gasteiger partial charge in [-0.2, -0.15) is 0 Å². The van der Waals surface area contributed by atoms with E-state index in [-0.39, 0.29) is 0 Å². The monoisotopic (exact) mass is 220 g/mol. The maximum Gasteiger partial charge on any atom is 0.0308 e. The van der Waals surface area contributed by atoms with Gasteiger partial charge >= 0.3 is 0 Å². The van der Waals surface area contributed by atoms with Gasteiger partial charge in [-0.3, -0.25) is 0 Å². The summed E-state index contributed by atoms with van der Waals surface area (Å²) in [5.41, 5.74) is 0.451. The van der Waals surface area contributed by atoms with E-state index in [0.29, 0.717) is 5.54 Å². The topological polar surface area (TPSA) is 15.3 Å². The van der Waals surface area contributed by atoms with Crippen molar-refractivity contribution < 1.29 is 0 Å². The SMILES string of the molecule is C#CCCCN1CCCNC2(CCCC2)C1. The molecule has 2 fully saturated rings. The predicted molar refractivity (Wildman–Crippen MR) is 68.3 cm³/mol. The predicted octanol–water partition coefficient (Wildman–Crippen LogP) is 2.01. The Morgan fingerprint density at radius 2 is 2.06 bits per heavy atom. The molecule has 0 radical (unpaired) electrons. The van der Waals surface area contributed by atoms with Crippen LogP contribution in [0, 0.1) is 12.3 Å². The van der Waals surface area contributed by atoms with Crippen molar-refractivity contribution in [2.45, 2.75) is 50.5 Å². The normalized spacial score (nSPS) is 25.4. The molecule has 0 atom stereocenters. The Labute approximate surface area is 99.8 Å². The van der Waals surface area contributed by atoms with E-state index >= 15 is 0 Å². The molecule has 0 unspecified atom stereocenters. The van der Waals surface area contributed by atoms with Gasteiger partial charge in [0.15, 0.2) is 0 Å². The van der Waals surface area contributed by atoms with Crippen molar-refractivity contribution in [2.75, 3.05) is 26.2 Å². The summed E-state index contributed by atoms with van der Waals surface area (Å²) in [5.74, 6) is 2.74. The molecular weight excluding hydrogens is 196 g/mol. The first kappa shape index (κ1) is 12.0. The van der Waals surface area contributed by atoms with Gasteiger partial charge in [-0.15, -0.1) is 12.3 Å². The highest BCUT2D eigenvalue weighted by atomic mass is 15.2. The van der Waals surface area contributed by atoms with Crippen LogP contribution in [-0.4, -0.2) is 36.6 Å². The van der Waals surface area contributed by atoms with Crippen LogP contribution in [0.2, 0.25) is 0 Å². The van der Waals surface area contributed by atoms with Crippen LogP contribution in [0.3, 0.4) is 0 Å². The van der Waals surface area contributed by atoms with Crippen molar-refractivity contribution in [2.24, 2.45) is 0 Å². The van der Waals surface area contributed by atoms with Gasteiger partial charge in [0, 0.05) is 18.5 Å². The highest BCUT2D eigenvalue weighted by Gasteiger charge is 2.35. The molecule has 0 bridgehead atoms. The van der Waals surface area contributed by atoms with Crippen LogP contribution in [0.15, 0.2) is 0 Å². The fraction of sp³-hybridized carbons (Fsp3) is 0.857. The lowest BCUT2D eigenvalue weighted by atomic mass is 9.97. The molecule has 2 heteroatoms. The molecule has 0 aromatic rings. The number of terminal acetylenes is 1. The minimum absolute atomic E-state index is 0.451. The Kier molecular flexibility index (Phi) is 4.26. The first-order chi connectivity index (χ1) is 7.85. The maximum atomic E-state index is 5.31. The van der Waals surface area contributed by atoms with Crippen LogP contribution in [0.4, 0.5) is 0 Å². The Morgan fingerprint density at radius 1 is 1.25 bits per heavy atom. The zero-order chi connectivity index (χ0) is 11.3. The smallest absolute Gasteiger partial charge is 0.0308 e. The highest BCUT2D eigenvalue weighted by Crippen LogP contribution is 2.31. The van der Waals surface area contributed by atoms with Gasteiger partial charge in [0.05, 0.1) is 0 Å². The molecule has 16 heavy (non-hydrogen) atoms. The molecule has 1 saturated heterocycles. The molecule has 2 aliphatic rings. The molecule has 1 aliphatic heterocycles. The molecule has 1 N–H and O–H groups in total. The van der Waals surface area contributed by atoms with Gasteiger partial charge in [-0.1, -0.05) is 12.8 Å². The zero-order valence-electron chi connectivity index (χ0n) is 10.3. The van der Waals surface area contributed by atoms with Crippen LogP contribution >= 0.6 is 0 Å². The van der Waals surface area contributed by atoms with E-state index in [1.807, 2.05) is 0 Å². The van der Waals surface area contributed by atoms with E-state index in [1.54, 1.807) is 0 Å². The lowest BCUT2D eigenvalue weighted by Gasteiger charge is -2.33. The second-order valence-electron chi connectivity index (χ2n) is 5.35. The van der Waals surface area contributed by atoms with Gasteiger partial charge in [0.25, 0.3) is 0 Å². The minimum atomic E-state index is 0.451. The minimum Gasteiger partial charge on any atom is -0.310 e. The van der Waals surface area contributed by atoms with Crippen molar-refractivity contribution in [3.05, 3.63) is 0 Å². The van der Waals surface area contributed by atoms with Gasteiger partial charge in [-0.25, -0.2) is 0 Å². The fourth-order valence-electron chi connectivity index (χ4n) is 3.20. The van der Waals surface area contributed by atoms with Gasteiger partial charge < -0.3 is 10.2 Å². The molecule has 2 rings (SSSR count). The molecule has 0 aromatic heterocycles. The summed E-state index contributed by atoms with van der Waals surface area (Å²) in [6.07, 6.45) is 14.2. The summed E-state index contributed by atoms with van der Waals surface area (Å²) in [6.45, 7) is 4.89. The summed E-state index contributed by atoms with van der Waals surface area (Å²) in [7, 11) is 0. The molecule has 2 nitrogen and oxygen atoms in total. The summed E-state index contributed by atoms with van der Waals surface area (Å²) in [5, 5.41) is 3.80. The number of rotatable bonds is 3. The van der Waals surface area contributed by atoms with Crippen molar-refractivity contribution in [1.82, 2.24) is 10.2 Å². The quantitative estimate of drug-likeness (QED) is 0.578. The summed E-state index contributed by atoms with van der Waals surface area (Å²) in [6, 6.07) is 0. The molecule has 1 saturated carbocycles. The third kappa shape index (κ3) is 2.99. The molecular formula is C14H24N2. The first-order valence-corrected chi connectivity index (χ1v) is 6.76. The second kappa shape index (κ2) is 5.70. The van der Waals surface area contributed by atoms with E-state index in [4.69, 9.17) is 6.42 Å². The lowest BCUT2D eigenvalue weighted by molar-refractivity contribution is 0.209. The summed E-state index contributed by atoms with van der Waals surface area (Å²) < 4.78 is 0. The summed E-state index contributed by atoms with van der Waals surface area (Å²) in [4.78, 5) is 2.63. The van der Waals surface area contributed by atoms with Gasteiger partial charge in [-0.05, 0) is 45.3 Å². The largest absolute Gasteiger partial charge is 0.310 e. The van der Waals surface area contributed by atoms with Gasteiger partial charge in [0.2, 0.25) is 0 Å². The number of nitrogens with zero attached hydrogens (tertiary/aromatic N) is 1. The van der Waals surface area contributed by atoms with Crippen LogP contribution in [-0.2, 0) is 0 Å². The molecule has 0 amide bonds. The van der Waals surface area contributed by atoms with E-state index in [1.165, 1.54) is 58.3 Å². The lowest BCUT2D eigenvalue weighted by Crippen LogP contribution is -2.49. The van der Waals surface area contributed by atoms with Crippen molar-refractivity contribution in [3.8, 4) is 12.3 Å². The number of hydrogen-bond acceptors (Lipinski definition) is 2. The van der Waals surface area contributed by atoms with E-state index < -0.39 is 0 Å². The first-order valence-electron chi connectivity index (χ1n) is 6.76. The standard InChI is InChI=1S/C14H24N2/c1-2-3-6-11-16-12-7-10-15-14(13-16)8-4-5-9-14/h1,15H,3-13H2. The van der Waals surface area contributed by atoms with E-state index in [2.05, 4.69) is 16.1 Å². The Balaban J connectivity index is 1.85. The average molecular weight is 220 g/mol. The molecule has 1 heterocycles. The average Bonchev–Trinajstić information content (AvgIpc) is 2.63.